The van der Waals surface area contributed by atoms with Gasteiger partial charge in [-0.2, -0.15) is 0 Å². The first-order chi connectivity index (χ1) is 9.95. The summed E-state index contributed by atoms with van der Waals surface area (Å²) in [6, 6.07) is 4.61. The van der Waals surface area contributed by atoms with E-state index in [-0.39, 0.29) is 26.1 Å². The van der Waals surface area contributed by atoms with E-state index in [1.165, 1.54) is 0 Å². The first-order valence-corrected chi connectivity index (χ1v) is 6.77. The van der Waals surface area contributed by atoms with Crippen molar-refractivity contribution in [3.05, 3.63) is 29.3 Å². The molecular formula is C15H21NO5. The molecule has 21 heavy (non-hydrogen) atoms. The Labute approximate surface area is 123 Å². The number of ether oxygens (including phenoxy) is 1. The van der Waals surface area contributed by atoms with Crippen molar-refractivity contribution in [2.24, 2.45) is 0 Å². The highest BCUT2D eigenvalue weighted by molar-refractivity contribution is 5.83. The van der Waals surface area contributed by atoms with Crippen molar-refractivity contribution in [3.63, 3.8) is 0 Å². The molecule has 0 saturated carbocycles. The highest BCUT2D eigenvalue weighted by Crippen LogP contribution is 2.20. The third-order valence-corrected chi connectivity index (χ3v) is 3.19. The molecule has 116 valence electrons. The Balaban J connectivity index is 2.43. The van der Waals surface area contributed by atoms with Crippen LogP contribution in [-0.2, 0) is 9.59 Å². The molecule has 0 aliphatic rings. The molecular weight excluding hydrogens is 274 g/mol. The fraction of sp³-hybridized carbons (Fsp3) is 0.467. The quantitative estimate of drug-likeness (QED) is 0.665. The smallest absolute Gasteiger partial charge is 0.326 e. The lowest BCUT2D eigenvalue weighted by atomic mass is 10.1. The summed E-state index contributed by atoms with van der Waals surface area (Å²) in [5, 5.41) is 20.0. The lowest BCUT2D eigenvalue weighted by Crippen LogP contribution is -2.41. The summed E-state index contributed by atoms with van der Waals surface area (Å²) in [5.41, 5.74) is 2.12. The van der Waals surface area contributed by atoms with Gasteiger partial charge < -0.3 is 20.3 Å². The lowest BCUT2D eigenvalue weighted by molar-refractivity contribution is -0.142. The second-order valence-corrected chi connectivity index (χ2v) is 4.77. The van der Waals surface area contributed by atoms with E-state index < -0.39 is 17.9 Å². The van der Waals surface area contributed by atoms with Gasteiger partial charge in [0.15, 0.2) is 0 Å². The number of carbonyl (C=O) groups excluding carboxylic acids is 1. The van der Waals surface area contributed by atoms with E-state index in [4.69, 9.17) is 14.9 Å². The van der Waals surface area contributed by atoms with Crippen molar-refractivity contribution in [1.82, 2.24) is 5.32 Å². The number of carboxylic acid groups (broad SMARTS) is 1. The molecule has 0 unspecified atom stereocenters. The normalized spacial score (nSPS) is 11.8. The van der Waals surface area contributed by atoms with Crippen LogP contribution >= 0.6 is 0 Å². The average Bonchev–Trinajstić information content (AvgIpc) is 2.43. The molecule has 1 rings (SSSR count). The molecule has 0 aliphatic heterocycles. The molecule has 0 aromatic heterocycles. The Hall–Kier alpha value is -2.08. The van der Waals surface area contributed by atoms with Gasteiger partial charge in [-0.15, -0.1) is 0 Å². The number of hydrogen-bond acceptors (Lipinski definition) is 4. The Kier molecular flexibility index (Phi) is 6.68. The van der Waals surface area contributed by atoms with Crippen molar-refractivity contribution in [3.8, 4) is 5.75 Å². The molecule has 0 bridgehead atoms. The molecule has 1 aromatic rings. The van der Waals surface area contributed by atoms with Crippen LogP contribution in [0.3, 0.4) is 0 Å². The number of aliphatic carboxylic acids is 1. The summed E-state index contributed by atoms with van der Waals surface area (Å²) in [6.07, 6.45) is 0.0432. The summed E-state index contributed by atoms with van der Waals surface area (Å²) in [5.74, 6) is -0.859. The van der Waals surface area contributed by atoms with Crippen LogP contribution in [0.4, 0.5) is 0 Å². The number of aliphatic hydroxyl groups is 1. The van der Waals surface area contributed by atoms with Gasteiger partial charge in [-0.1, -0.05) is 12.1 Å². The Bertz CT molecular complexity index is 501. The van der Waals surface area contributed by atoms with Crippen LogP contribution in [0.15, 0.2) is 18.2 Å². The van der Waals surface area contributed by atoms with Gasteiger partial charge in [0.05, 0.1) is 13.0 Å². The van der Waals surface area contributed by atoms with E-state index in [0.29, 0.717) is 5.75 Å². The molecule has 6 heteroatoms. The minimum atomic E-state index is -1.16. The predicted molar refractivity (Wildman–Crippen MR) is 77.3 cm³/mol. The van der Waals surface area contributed by atoms with Crippen molar-refractivity contribution < 1.29 is 24.5 Å². The van der Waals surface area contributed by atoms with Gasteiger partial charge in [-0.3, -0.25) is 4.79 Å². The Morgan fingerprint density at radius 2 is 2.05 bits per heavy atom. The molecule has 1 amide bonds. The van der Waals surface area contributed by atoms with Gasteiger partial charge in [-0.05, 0) is 31.0 Å². The number of aryl methyl sites for hydroxylation is 1. The number of aliphatic hydroxyl groups excluding tert-OH is 1. The predicted octanol–water partition coefficient (Wildman–Crippen LogP) is 1.02. The molecule has 0 saturated heterocycles. The monoisotopic (exact) mass is 295 g/mol. The molecule has 0 aliphatic carbocycles. The molecule has 0 heterocycles. The van der Waals surface area contributed by atoms with Crippen LogP contribution in [0.25, 0.3) is 0 Å². The van der Waals surface area contributed by atoms with E-state index in [9.17, 15) is 9.59 Å². The van der Waals surface area contributed by atoms with E-state index >= 15 is 0 Å². The fourth-order valence-electron chi connectivity index (χ4n) is 1.79. The largest absolute Gasteiger partial charge is 0.493 e. The van der Waals surface area contributed by atoms with Crippen LogP contribution in [0, 0.1) is 13.8 Å². The Morgan fingerprint density at radius 1 is 1.33 bits per heavy atom. The van der Waals surface area contributed by atoms with E-state index in [1.54, 1.807) is 0 Å². The van der Waals surface area contributed by atoms with Crippen LogP contribution in [-0.4, -0.2) is 41.3 Å². The zero-order chi connectivity index (χ0) is 15.8. The standard InChI is InChI=1S/C15H21NO5/c1-10-4-3-5-13(11(10)2)21-9-7-14(18)16-12(6-8-17)15(19)20/h3-5,12,17H,6-9H2,1-2H3,(H,16,18)(H,19,20)/t12-/m0/s1. The van der Waals surface area contributed by atoms with Gasteiger partial charge >= 0.3 is 5.97 Å². The zero-order valence-corrected chi connectivity index (χ0v) is 12.3. The van der Waals surface area contributed by atoms with Crippen LogP contribution in [0.5, 0.6) is 5.75 Å². The molecule has 0 spiro atoms. The summed E-state index contributed by atoms with van der Waals surface area (Å²) in [4.78, 5) is 22.5. The molecule has 6 nitrogen and oxygen atoms in total. The number of carbonyl (C=O) groups is 2. The third kappa shape index (κ3) is 5.43. The maximum Gasteiger partial charge on any atom is 0.326 e. The molecule has 1 aromatic carbocycles. The second-order valence-electron chi connectivity index (χ2n) is 4.77. The number of amides is 1. The van der Waals surface area contributed by atoms with Crippen LogP contribution < -0.4 is 10.1 Å². The lowest BCUT2D eigenvalue weighted by Gasteiger charge is -2.14. The topological polar surface area (TPSA) is 95.9 Å². The number of carboxylic acids is 1. The van der Waals surface area contributed by atoms with Crippen molar-refractivity contribution >= 4 is 11.9 Å². The molecule has 1 atom stereocenters. The van der Waals surface area contributed by atoms with Crippen molar-refractivity contribution in [1.29, 1.82) is 0 Å². The highest BCUT2D eigenvalue weighted by atomic mass is 16.5. The highest BCUT2D eigenvalue weighted by Gasteiger charge is 2.18. The summed E-state index contributed by atoms with van der Waals surface area (Å²) >= 11 is 0. The van der Waals surface area contributed by atoms with Gasteiger partial charge in [0.2, 0.25) is 5.91 Å². The third-order valence-electron chi connectivity index (χ3n) is 3.19. The first-order valence-electron chi connectivity index (χ1n) is 6.77. The number of benzene rings is 1. The van der Waals surface area contributed by atoms with Gasteiger partial charge in [0.1, 0.15) is 11.8 Å². The summed E-state index contributed by atoms with van der Waals surface area (Å²) in [7, 11) is 0. The molecule has 0 radical (unpaired) electrons. The maximum atomic E-state index is 11.6. The van der Waals surface area contributed by atoms with Gasteiger partial charge in [0.25, 0.3) is 0 Å². The summed E-state index contributed by atoms with van der Waals surface area (Å²) in [6.45, 7) is 3.78. The SMILES string of the molecule is Cc1cccc(OCCC(=O)N[C@@H](CCO)C(=O)O)c1C. The average molecular weight is 295 g/mol. The zero-order valence-electron chi connectivity index (χ0n) is 12.3. The fourth-order valence-corrected chi connectivity index (χ4v) is 1.79. The first kappa shape index (κ1) is 17.0. The van der Waals surface area contributed by atoms with E-state index in [0.717, 1.165) is 11.1 Å². The minimum absolute atomic E-state index is 0.0150. The number of hydrogen-bond donors (Lipinski definition) is 3. The van der Waals surface area contributed by atoms with Gasteiger partial charge in [-0.25, -0.2) is 4.79 Å². The molecule has 0 fully saturated rings. The van der Waals surface area contributed by atoms with Crippen molar-refractivity contribution in [2.45, 2.75) is 32.7 Å². The summed E-state index contributed by atoms with van der Waals surface area (Å²) < 4.78 is 5.53. The maximum absolute atomic E-state index is 11.6. The number of rotatable bonds is 8. The van der Waals surface area contributed by atoms with E-state index in [1.807, 2.05) is 32.0 Å². The van der Waals surface area contributed by atoms with Crippen LogP contribution in [0.2, 0.25) is 0 Å². The second kappa shape index (κ2) is 8.26. The van der Waals surface area contributed by atoms with E-state index in [2.05, 4.69) is 5.32 Å². The minimum Gasteiger partial charge on any atom is -0.493 e. The van der Waals surface area contributed by atoms with Crippen LogP contribution in [0.1, 0.15) is 24.0 Å². The van der Waals surface area contributed by atoms with Gasteiger partial charge in [0, 0.05) is 13.0 Å². The Morgan fingerprint density at radius 3 is 2.67 bits per heavy atom. The molecule has 3 N–H and O–H groups in total. The van der Waals surface area contributed by atoms with Crippen molar-refractivity contribution in [2.75, 3.05) is 13.2 Å². The number of nitrogens with one attached hydrogen (secondary N) is 1.